The van der Waals surface area contributed by atoms with Gasteiger partial charge in [-0.2, -0.15) is 5.10 Å². The number of para-hydroxylation sites is 1. The van der Waals surface area contributed by atoms with Crippen LogP contribution in [0.2, 0.25) is 0 Å². The molecule has 0 spiro atoms. The van der Waals surface area contributed by atoms with Gasteiger partial charge in [0, 0.05) is 12.5 Å². The monoisotopic (exact) mass is 468 g/mol. The average Bonchev–Trinajstić information content (AvgIpc) is 3.59. The van der Waals surface area contributed by atoms with E-state index in [1.54, 1.807) is 30.5 Å². The first-order chi connectivity index (χ1) is 15.8. The molecule has 0 unspecified atom stereocenters. The fourth-order valence-electron chi connectivity index (χ4n) is 3.61. The molecule has 8 nitrogen and oxygen atoms in total. The van der Waals surface area contributed by atoms with Crippen molar-refractivity contribution in [3.8, 4) is 5.69 Å². The van der Waals surface area contributed by atoms with Gasteiger partial charge in [-0.25, -0.2) is 22.5 Å². The molecule has 1 amide bonds. The molecule has 33 heavy (non-hydrogen) atoms. The Morgan fingerprint density at radius 1 is 1.09 bits per heavy atom. The van der Waals surface area contributed by atoms with Gasteiger partial charge in [-0.3, -0.25) is 4.79 Å². The Hall–Kier alpha value is -3.20. The Kier molecular flexibility index (Phi) is 6.51. The zero-order valence-electron chi connectivity index (χ0n) is 18.8. The fraction of sp³-hybridized carbons (Fsp3) is 0.375. The second-order valence-corrected chi connectivity index (χ2v) is 11.1. The maximum atomic E-state index is 13.0. The van der Waals surface area contributed by atoms with Crippen molar-refractivity contribution in [3.63, 3.8) is 0 Å². The van der Waals surface area contributed by atoms with Crippen LogP contribution >= 0.6 is 0 Å². The topological polar surface area (TPSA) is 103 Å². The SMILES string of the molecule is CC(C)S(=O)(=O)c1ccc(CC(=O)NCCn2nc(C3CC3)n(-c3ccccc3)c2=O)cc1. The molecule has 2 aromatic carbocycles. The zero-order valence-corrected chi connectivity index (χ0v) is 19.6. The minimum atomic E-state index is -3.34. The van der Waals surface area contributed by atoms with E-state index in [0.29, 0.717) is 5.92 Å². The molecule has 1 saturated carbocycles. The number of carbonyl (C=O) groups is 1. The normalized spacial score (nSPS) is 13.9. The lowest BCUT2D eigenvalue weighted by atomic mass is 10.1. The molecule has 3 aromatic rings. The molecule has 1 aliphatic carbocycles. The second kappa shape index (κ2) is 9.35. The minimum Gasteiger partial charge on any atom is -0.354 e. The maximum Gasteiger partial charge on any atom is 0.350 e. The van der Waals surface area contributed by atoms with Crippen LogP contribution < -0.4 is 11.0 Å². The smallest absolute Gasteiger partial charge is 0.350 e. The van der Waals surface area contributed by atoms with E-state index < -0.39 is 15.1 Å². The van der Waals surface area contributed by atoms with Crippen molar-refractivity contribution in [2.45, 2.75) is 55.7 Å². The van der Waals surface area contributed by atoms with Crippen LogP contribution in [0.3, 0.4) is 0 Å². The molecule has 0 atom stereocenters. The van der Waals surface area contributed by atoms with Crippen molar-refractivity contribution in [1.29, 1.82) is 0 Å². The Morgan fingerprint density at radius 2 is 1.76 bits per heavy atom. The van der Waals surface area contributed by atoms with E-state index >= 15 is 0 Å². The van der Waals surface area contributed by atoms with E-state index in [1.165, 1.54) is 16.8 Å². The molecule has 1 aromatic heterocycles. The van der Waals surface area contributed by atoms with Crippen LogP contribution in [0, 0.1) is 0 Å². The van der Waals surface area contributed by atoms with Gasteiger partial charge in [0.25, 0.3) is 0 Å². The Morgan fingerprint density at radius 3 is 2.36 bits per heavy atom. The van der Waals surface area contributed by atoms with Gasteiger partial charge in [0.1, 0.15) is 5.82 Å². The van der Waals surface area contributed by atoms with Gasteiger partial charge in [0.15, 0.2) is 9.84 Å². The summed E-state index contributed by atoms with van der Waals surface area (Å²) in [5.74, 6) is 0.873. The average molecular weight is 469 g/mol. The Bertz CT molecular complexity index is 1290. The molecule has 0 bridgehead atoms. The number of sulfone groups is 1. The van der Waals surface area contributed by atoms with Crippen molar-refractivity contribution < 1.29 is 13.2 Å². The molecular weight excluding hydrogens is 440 g/mol. The number of hydrogen-bond acceptors (Lipinski definition) is 5. The second-order valence-electron chi connectivity index (χ2n) is 8.57. The number of hydrogen-bond donors (Lipinski definition) is 1. The van der Waals surface area contributed by atoms with Gasteiger partial charge in [-0.1, -0.05) is 30.3 Å². The zero-order chi connectivity index (χ0) is 23.6. The highest BCUT2D eigenvalue weighted by molar-refractivity contribution is 7.92. The molecule has 1 N–H and O–H groups in total. The highest BCUT2D eigenvalue weighted by Crippen LogP contribution is 2.39. The number of nitrogens with one attached hydrogen (secondary N) is 1. The van der Waals surface area contributed by atoms with Crippen LogP contribution in [0.15, 0.2) is 64.3 Å². The number of amides is 1. The number of rotatable bonds is 9. The molecule has 0 aliphatic heterocycles. The van der Waals surface area contributed by atoms with Crippen LogP contribution in [0.5, 0.6) is 0 Å². The molecule has 0 saturated heterocycles. The highest BCUT2D eigenvalue weighted by Gasteiger charge is 2.31. The first kappa shape index (κ1) is 23.0. The molecule has 0 radical (unpaired) electrons. The highest BCUT2D eigenvalue weighted by atomic mass is 32.2. The summed E-state index contributed by atoms with van der Waals surface area (Å²) >= 11 is 0. The summed E-state index contributed by atoms with van der Waals surface area (Å²) in [6.07, 6.45) is 2.18. The molecular formula is C24H28N4O4S. The standard InChI is InChI=1S/C24H28N4O4S/c1-17(2)33(31,32)21-12-8-18(9-13-21)16-22(29)25-14-15-27-24(30)28(20-6-4-3-5-7-20)23(26-27)19-10-11-19/h3-9,12-13,17,19H,10-11,14-16H2,1-2H3,(H,25,29). The summed E-state index contributed by atoms with van der Waals surface area (Å²) in [6.45, 7) is 3.82. The van der Waals surface area contributed by atoms with E-state index in [4.69, 9.17) is 0 Å². The largest absolute Gasteiger partial charge is 0.354 e. The van der Waals surface area contributed by atoms with Crippen LogP contribution in [0.4, 0.5) is 0 Å². The third kappa shape index (κ3) is 5.08. The lowest BCUT2D eigenvalue weighted by Crippen LogP contribution is -2.32. The van der Waals surface area contributed by atoms with E-state index in [0.717, 1.165) is 29.9 Å². The first-order valence-corrected chi connectivity index (χ1v) is 12.7. The molecule has 1 fully saturated rings. The Labute approximate surface area is 193 Å². The van der Waals surface area contributed by atoms with Gasteiger partial charge in [-0.05, 0) is 56.5 Å². The Balaban J connectivity index is 1.37. The summed E-state index contributed by atoms with van der Waals surface area (Å²) < 4.78 is 27.5. The summed E-state index contributed by atoms with van der Waals surface area (Å²) in [4.78, 5) is 25.6. The van der Waals surface area contributed by atoms with Gasteiger partial charge in [0.2, 0.25) is 5.91 Å². The summed E-state index contributed by atoms with van der Waals surface area (Å²) in [5, 5.41) is 6.85. The van der Waals surface area contributed by atoms with Crippen LogP contribution in [0.25, 0.3) is 5.69 Å². The summed E-state index contributed by atoms with van der Waals surface area (Å²) in [5.41, 5.74) is 1.30. The number of nitrogens with zero attached hydrogens (tertiary/aromatic N) is 3. The van der Waals surface area contributed by atoms with Crippen LogP contribution in [-0.4, -0.2) is 40.5 Å². The lowest BCUT2D eigenvalue weighted by molar-refractivity contribution is -0.120. The predicted molar refractivity (Wildman–Crippen MR) is 125 cm³/mol. The molecule has 1 aliphatic rings. The minimum absolute atomic E-state index is 0.128. The maximum absolute atomic E-state index is 13.0. The van der Waals surface area contributed by atoms with E-state index in [2.05, 4.69) is 10.4 Å². The molecule has 1 heterocycles. The summed E-state index contributed by atoms with van der Waals surface area (Å²) in [7, 11) is -3.34. The number of aromatic nitrogens is 3. The number of benzene rings is 2. The van der Waals surface area contributed by atoms with Crippen molar-refractivity contribution >= 4 is 15.7 Å². The van der Waals surface area contributed by atoms with Gasteiger partial charge < -0.3 is 5.32 Å². The van der Waals surface area contributed by atoms with Crippen LogP contribution in [-0.2, 0) is 27.6 Å². The molecule has 174 valence electrons. The van der Waals surface area contributed by atoms with Gasteiger partial charge in [-0.15, -0.1) is 0 Å². The van der Waals surface area contributed by atoms with E-state index in [9.17, 15) is 18.0 Å². The lowest BCUT2D eigenvalue weighted by Gasteiger charge is -2.09. The van der Waals surface area contributed by atoms with Crippen molar-refractivity contribution in [3.05, 3.63) is 76.5 Å². The predicted octanol–water partition coefficient (Wildman–Crippen LogP) is 2.45. The van der Waals surface area contributed by atoms with Gasteiger partial charge >= 0.3 is 5.69 Å². The van der Waals surface area contributed by atoms with E-state index in [1.807, 2.05) is 30.3 Å². The third-order valence-corrected chi connectivity index (χ3v) is 7.87. The summed E-state index contributed by atoms with van der Waals surface area (Å²) in [6, 6.07) is 15.8. The quantitative estimate of drug-likeness (QED) is 0.520. The molecule has 9 heteroatoms. The molecule has 4 rings (SSSR count). The first-order valence-electron chi connectivity index (χ1n) is 11.1. The fourth-order valence-corrected chi connectivity index (χ4v) is 4.67. The van der Waals surface area contributed by atoms with Gasteiger partial charge in [0.05, 0.1) is 28.8 Å². The van der Waals surface area contributed by atoms with Crippen molar-refractivity contribution in [2.75, 3.05) is 6.54 Å². The van der Waals surface area contributed by atoms with Crippen LogP contribution in [0.1, 0.15) is 44.0 Å². The third-order valence-electron chi connectivity index (χ3n) is 5.70. The van der Waals surface area contributed by atoms with E-state index in [-0.39, 0.29) is 36.0 Å². The van der Waals surface area contributed by atoms with Crippen molar-refractivity contribution in [2.24, 2.45) is 0 Å². The van der Waals surface area contributed by atoms with Crippen molar-refractivity contribution in [1.82, 2.24) is 19.7 Å². The number of carbonyl (C=O) groups excluding carboxylic acids is 1.